The van der Waals surface area contributed by atoms with Crippen molar-refractivity contribution < 1.29 is 9.32 Å². The van der Waals surface area contributed by atoms with Crippen molar-refractivity contribution in [1.29, 1.82) is 0 Å². The Balaban J connectivity index is 1.66. The molecule has 0 spiro atoms. The maximum Gasteiger partial charge on any atom is 0.236 e. The van der Waals surface area contributed by atoms with Crippen molar-refractivity contribution >= 4 is 34.4 Å². The van der Waals surface area contributed by atoms with Gasteiger partial charge >= 0.3 is 0 Å². The van der Waals surface area contributed by atoms with Gasteiger partial charge in [-0.05, 0) is 31.9 Å². The summed E-state index contributed by atoms with van der Waals surface area (Å²) in [6.45, 7) is 7.97. The second kappa shape index (κ2) is 8.27. The fourth-order valence-electron chi connectivity index (χ4n) is 3.09. The van der Waals surface area contributed by atoms with E-state index < -0.39 is 0 Å². The highest BCUT2D eigenvalue weighted by atomic mass is 32.2. The van der Waals surface area contributed by atoms with E-state index >= 15 is 0 Å². The number of aromatic nitrogens is 5. The molecule has 1 aromatic carbocycles. The molecule has 1 amide bonds. The molecule has 8 nitrogen and oxygen atoms in total. The number of anilines is 1. The van der Waals surface area contributed by atoms with Gasteiger partial charge in [-0.2, -0.15) is 10.2 Å². The normalized spacial score (nSPS) is 11.4. The van der Waals surface area contributed by atoms with Gasteiger partial charge in [0.25, 0.3) is 0 Å². The van der Waals surface area contributed by atoms with Gasteiger partial charge in [-0.3, -0.25) is 4.79 Å². The number of benzene rings is 1. The van der Waals surface area contributed by atoms with Crippen molar-refractivity contribution in [2.75, 3.05) is 11.1 Å². The molecule has 154 valence electrons. The van der Waals surface area contributed by atoms with E-state index in [2.05, 4.69) is 39.6 Å². The summed E-state index contributed by atoms with van der Waals surface area (Å²) < 4.78 is 6.84. The molecule has 0 aliphatic heterocycles. The van der Waals surface area contributed by atoms with E-state index in [9.17, 15) is 4.79 Å². The molecule has 3 heterocycles. The van der Waals surface area contributed by atoms with E-state index in [1.54, 1.807) is 13.0 Å². The molecule has 0 fully saturated rings. The van der Waals surface area contributed by atoms with Gasteiger partial charge in [0, 0.05) is 11.5 Å². The molecule has 30 heavy (non-hydrogen) atoms. The van der Waals surface area contributed by atoms with Crippen LogP contribution in [0.4, 0.5) is 5.82 Å². The standard InChI is InChI=1S/C21H22N6O2S/c1-12(2)19-16-10-22-27(15-7-5-13(3)6-8-15)20(16)21(25-24-19)30-11-18(28)23-17-9-14(4)29-26-17/h5-10,12H,11H2,1-4H3,(H,23,26,28). The molecular formula is C21H22N6O2S. The molecule has 0 bridgehead atoms. The second-order valence-corrected chi connectivity index (χ2v) is 8.32. The number of nitrogens with one attached hydrogen (secondary N) is 1. The molecule has 1 N–H and O–H groups in total. The van der Waals surface area contributed by atoms with Crippen LogP contribution in [-0.2, 0) is 4.79 Å². The molecule has 0 saturated carbocycles. The molecule has 9 heteroatoms. The van der Waals surface area contributed by atoms with Gasteiger partial charge in [-0.15, -0.1) is 5.10 Å². The van der Waals surface area contributed by atoms with Crippen LogP contribution in [-0.4, -0.2) is 36.8 Å². The molecule has 0 saturated heterocycles. The molecule has 0 aliphatic rings. The fourth-order valence-corrected chi connectivity index (χ4v) is 3.86. The first-order valence-corrected chi connectivity index (χ1v) is 10.6. The highest BCUT2D eigenvalue weighted by Crippen LogP contribution is 2.31. The van der Waals surface area contributed by atoms with Gasteiger partial charge in [0.05, 0.1) is 23.3 Å². The first-order valence-electron chi connectivity index (χ1n) is 9.59. The number of aryl methyl sites for hydroxylation is 2. The molecule has 0 atom stereocenters. The van der Waals surface area contributed by atoms with Gasteiger partial charge in [-0.1, -0.05) is 48.5 Å². The summed E-state index contributed by atoms with van der Waals surface area (Å²) in [5.74, 6) is 1.20. The molecule has 4 aromatic rings. The number of carbonyl (C=O) groups excluding carboxylic acids is 1. The first-order chi connectivity index (χ1) is 14.4. The lowest BCUT2D eigenvalue weighted by Gasteiger charge is -2.10. The number of nitrogens with zero attached hydrogens (tertiary/aromatic N) is 5. The average molecular weight is 423 g/mol. The Morgan fingerprint density at radius 2 is 1.97 bits per heavy atom. The van der Waals surface area contributed by atoms with Gasteiger partial charge in [-0.25, -0.2) is 4.68 Å². The van der Waals surface area contributed by atoms with E-state index in [0.29, 0.717) is 16.6 Å². The molecule has 4 rings (SSSR count). The minimum atomic E-state index is -0.197. The Bertz CT molecular complexity index is 1200. The van der Waals surface area contributed by atoms with Crippen molar-refractivity contribution in [2.45, 2.75) is 38.6 Å². The number of thioether (sulfide) groups is 1. The quantitative estimate of drug-likeness (QED) is 0.463. The topological polar surface area (TPSA) is 98.7 Å². The highest BCUT2D eigenvalue weighted by Gasteiger charge is 2.19. The molecule has 0 radical (unpaired) electrons. The maximum absolute atomic E-state index is 12.4. The van der Waals surface area contributed by atoms with E-state index in [1.165, 1.54) is 17.3 Å². The van der Waals surface area contributed by atoms with Crippen molar-refractivity contribution in [1.82, 2.24) is 25.1 Å². The fraction of sp³-hybridized carbons (Fsp3) is 0.286. The van der Waals surface area contributed by atoms with Gasteiger partial charge in [0.2, 0.25) is 5.91 Å². The number of hydrogen-bond donors (Lipinski definition) is 1. The molecule has 3 aromatic heterocycles. The van der Waals surface area contributed by atoms with Crippen molar-refractivity contribution in [3.63, 3.8) is 0 Å². The number of hydrogen-bond acceptors (Lipinski definition) is 7. The first kappa shape index (κ1) is 20.1. The summed E-state index contributed by atoms with van der Waals surface area (Å²) in [6, 6.07) is 9.79. The molecular weight excluding hydrogens is 400 g/mol. The number of amides is 1. The van der Waals surface area contributed by atoms with Crippen LogP contribution in [0.5, 0.6) is 0 Å². The third kappa shape index (κ3) is 4.06. The lowest BCUT2D eigenvalue weighted by atomic mass is 10.1. The van der Waals surface area contributed by atoms with E-state index in [-0.39, 0.29) is 17.6 Å². The van der Waals surface area contributed by atoms with Crippen molar-refractivity contribution in [2.24, 2.45) is 0 Å². The number of fused-ring (bicyclic) bond motifs is 1. The van der Waals surface area contributed by atoms with Crippen LogP contribution in [0, 0.1) is 13.8 Å². The number of carbonyl (C=O) groups is 1. The summed E-state index contributed by atoms with van der Waals surface area (Å²) >= 11 is 1.32. The highest BCUT2D eigenvalue weighted by molar-refractivity contribution is 8.00. The van der Waals surface area contributed by atoms with Crippen LogP contribution < -0.4 is 5.32 Å². The van der Waals surface area contributed by atoms with Crippen molar-refractivity contribution in [3.05, 3.63) is 53.5 Å². The van der Waals surface area contributed by atoms with Gasteiger partial charge in [0.15, 0.2) is 5.82 Å². The Morgan fingerprint density at radius 1 is 1.20 bits per heavy atom. The zero-order chi connectivity index (χ0) is 21.3. The zero-order valence-corrected chi connectivity index (χ0v) is 18.0. The van der Waals surface area contributed by atoms with Crippen LogP contribution >= 0.6 is 11.8 Å². The maximum atomic E-state index is 12.4. The van der Waals surface area contributed by atoms with Crippen LogP contribution in [0.25, 0.3) is 16.6 Å². The Morgan fingerprint density at radius 3 is 2.63 bits per heavy atom. The van der Waals surface area contributed by atoms with E-state index in [0.717, 1.165) is 22.3 Å². The van der Waals surface area contributed by atoms with Crippen molar-refractivity contribution in [3.8, 4) is 5.69 Å². The Hall–Kier alpha value is -3.20. The summed E-state index contributed by atoms with van der Waals surface area (Å²) in [5, 5.41) is 21.5. The minimum Gasteiger partial charge on any atom is -0.360 e. The largest absolute Gasteiger partial charge is 0.360 e. The van der Waals surface area contributed by atoms with Gasteiger partial charge in [0.1, 0.15) is 16.3 Å². The molecule has 0 aliphatic carbocycles. The van der Waals surface area contributed by atoms with E-state index in [4.69, 9.17) is 4.52 Å². The third-order valence-electron chi connectivity index (χ3n) is 4.56. The smallest absolute Gasteiger partial charge is 0.236 e. The summed E-state index contributed by atoms with van der Waals surface area (Å²) in [4.78, 5) is 12.4. The van der Waals surface area contributed by atoms with Crippen LogP contribution in [0.1, 0.15) is 36.8 Å². The molecule has 0 unspecified atom stereocenters. The lowest BCUT2D eigenvalue weighted by molar-refractivity contribution is -0.113. The van der Waals surface area contributed by atoms with Crippen LogP contribution in [0.2, 0.25) is 0 Å². The van der Waals surface area contributed by atoms with Gasteiger partial charge < -0.3 is 9.84 Å². The van der Waals surface area contributed by atoms with Crippen LogP contribution in [0.3, 0.4) is 0 Å². The average Bonchev–Trinajstić information content (AvgIpc) is 3.33. The number of rotatable bonds is 6. The second-order valence-electron chi connectivity index (χ2n) is 7.36. The minimum absolute atomic E-state index is 0.162. The SMILES string of the molecule is Cc1ccc(-n2ncc3c(C(C)C)nnc(SCC(=O)Nc4cc(C)on4)c32)cc1. The Labute approximate surface area is 178 Å². The monoisotopic (exact) mass is 422 g/mol. The predicted octanol–water partition coefficient (Wildman–Crippen LogP) is 4.27. The predicted molar refractivity (Wildman–Crippen MR) is 116 cm³/mol. The summed E-state index contributed by atoms with van der Waals surface area (Å²) in [6.07, 6.45) is 1.82. The lowest BCUT2D eigenvalue weighted by Crippen LogP contribution is -2.14. The summed E-state index contributed by atoms with van der Waals surface area (Å²) in [7, 11) is 0. The van der Waals surface area contributed by atoms with E-state index in [1.807, 2.05) is 42.1 Å². The summed E-state index contributed by atoms with van der Waals surface area (Å²) in [5.41, 5.74) is 3.85. The zero-order valence-electron chi connectivity index (χ0n) is 17.2. The third-order valence-corrected chi connectivity index (χ3v) is 5.51. The van der Waals surface area contributed by atoms with Crippen LogP contribution in [0.15, 0.2) is 46.1 Å². The Kier molecular flexibility index (Phi) is 5.54.